The van der Waals surface area contributed by atoms with Gasteiger partial charge in [-0.15, -0.1) is 0 Å². The third-order valence-corrected chi connectivity index (χ3v) is 7.47. The summed E-state index contributed by atoms with van der Waals surface area (Å²) in [5, 5.41) is 0. The van der Waals surface area contributed by atoms with Crippen LogP contribution in [0.1, 0.15) is 27.8 Å². The first kappa shape index (κ1) is 30.1. The van der Waals surface area contributed by atoms with Crippen LogP contribution in [0.5, 0.6) is 23.0 Å². The maximum absolute atomic E-state index is 5.46. The smallest absolute Gasteiger partial charge is 0.118 e. The lowest BCUT2D eigenvalue weighted by molar-refractivity contribution is 0.414. The zero-order valence-corrected chi connectivity index (χ0v) is 25.8. The van der Waals surface area contributed by atoms with Crippen LogP contribution in [-0.2, 0) is 0 Å². The standard InChI is InChI=1S/C39H37NO4/c1-28-6-16-33(17-7-28)40(26-38(29-8-18-34(41-2)19-9-29)30-10-20-35(42-3)21-11-30)27-39(31-12-22-36(43-4)23-13-31)32-14-24-37(44-5)25-15-32/h6-27H,1-5H3. The number of benzene rings is 5. The van der Waals surface area contributed by atoms with E-state index in [9.17, 15) is 0 Å². The van der Waals surface area contributed by atoms with Crippen LogP contribution >= 0.6 is 0 Å². The van der Waals surface area contributed by atoms with Gasteiger partial charge in [0.25, 0.3) is 0 Å². The number of hydrogen-bond acceptors (Lipinski definition) is 5. The summed E-state index contributed by atoms with van der Waals surface area (Å²) in [7, 11) is 6.72. The molecule has 0 radical (unpaired) electrons. The first-order valence-corrected chi connectivity index (χ1v) is 14.4. The Hall–Kier alpha value is -5.42. The highest BCUT2D eigenvalue weighted by molar-refractivity contribution is 5.86. The maximum atomic E-state index is 5.46. The highest BCUT2D eigenvalue weighted by Crippen LogP contribution is 2.33. The summed E-state index contributed by atoms with van der Waals surface area (Å²) in [6.45, 7) is 2.10. The van der Waals surface area contributed by atoms with Crippen molar-refractivity contribution in [2.75, 3.05) is 33.3 Å². The molecular formula is C39H37NO4. The molecule has 0 amide bonds. The zero-order valence-electron chi connectivity index (χ0n) is 25.8. The molecule has 0 N–H and O–H groups in total. The molecule has 0 unspecified atom stereocenters. The van der Waals surface area contributed by atoms with Crippen LogP contribution in [0.2, 0.25) is 0 Å². The Morgan fingerprint density at radius 2 is 0.682 bits per heavy atom. The largest absolute Gasteiger partial charge is 0.497 e. The highest BCUT2D eigenvalue weighted by Gasteiger charge is 2.14. The molecule has 5 aromatic carbocycles. The van der Waals surface area contributed by atoms with E-state index in [2.05, 4.69) is 97.0 Å². The molecule has 0 spiro atoms. The zero-order chi connectivity index (χ0) is 30.9. The van der Waals surface area contributed by atoms with Gasteiger partial charge in [-0.25, -0.2) is 0 Å². The van der Waals surface area contributed by atoms with Gasteiger partial charge in [0, 0.05) is 29.2 Å². The Morgan fingerprint density at radius 1 is 0.409 bits per heavy atom. The minimum Gasteiger partial charge on any atom is -0.497 e. The fraction of sp³-hybridized carbons (Fsp3) is 0.128. The van der Waals surface area contributed by atoms with Crippen molar-refractivity contribution in [2.24, 2.45) is 0 Å². The van der Waals surface area contributed by atoms with Crippen LogP contribution in [0.4, 0.5) is 5.69 Å². The number of hydrogen-bond donors (Lipinski definition) is 0. The average molecular weight is 584 g/mol. The van der Waals surface area contributed by atoms with Crippen LogP contribution in [0.15, 0.2) is 134 Å². The molecule has 0 aromatic heterocycles. The van der Waals surface area contributed by atoms with Gasteiger partial charge in [0.2, 0.25) is 0 Å². The second kappa shape index (κ2) is 14.2. The predicted octanol–water partition coefficient (Wildman–Crippen LogP) is 9.01. The summed E-state index contributed by atoms with van der Waals surface area (Å²) < 4.78 is 21.8. The molecule has 0 aliphatic carbocycles. The summed E-state index contributed by atoms with van der Waals surface area (Å²) in [4.78, 5) is 2.19. The fourth-order valence-corrected chi connectivity index (χ4v) is 4.90. The van der Waals surface area contributed by atoms with Crippen LogP contribution in [0.3, 0.4) is 0 Å². The monoisotopic (exact) mass is 583 g/mol. The summed E-state index contributed by atoms with van der Waals surface area (Å²) >= 11 is 0. The van der Waals surface area contributed by atoms with Crippen molar-refractivity contribution in [2.45, 2.75) is 6.92 Å². The summed E-state index contributed by atoms with van der Waals surface area (Å²) in [6.07, 6.45) is 4.36. The SMILES string of the molecule is COc1ccc(C(=CN(C=C(c2ccc(OC)cc2)c2ccc(OC)cc2)c2ccc(C)cc2)c2ccc(OC)cc2)cc1. The van der Waals surface area contributed by atoms with Gasteiger partial charge in [0.05, 0.1) is 28.4 Å². The summed E-state index contributed by atoms with van der Waals surface area (Å²) in [5.74, 6) is 3.22. The van der Waals surface area contributed by atoms with E-state index in [4.69, 9.17) is 18.9 Å². The first-order chi connectivity index (χ1) is 21.5. The van der Waals surface area contributed by atoms with E-state index in [1.807, 2.05) is 48.5 Å². The molecule has 0 fully saturated rings. The van der Waals surface area contributed by atoms with Gasteiger partial charge in [-0.05, 0) is 89.8 Å². The topological polar surface area (TPSA) is 40.2 Å². The average Bonchev–Trinajstić information content (AvgIpc) is 3.09. The van der Waals surface area contributed by atoms with E-state index in [1.165, 1.54) is 5.56 Å². The number of aryl methyl sites for hydroxylation is 1. The van der Waals surface area contributed by atoms with E-state index < -0.39 is 0 Å². The molecule has 5 nitrogen and oxygen atoms in total. The molecule has 0 atom stereocenters. The van der Waals surface area contributed by atoms with Gasteiger partial charge in [-0.2, -0.15) is 0 Å². The highest BCUT2D eigenvalue weighted by atomic mass is 16.5. The van der Waals surface area contributed by atoms with Crippen LogP contribution in [0, 0.1) is 6.92 Å². The molecule has 222 valence electrons. The number of methoxy groups -OCH3 is 4. The maximum Gasteiger partial charge on any atom is 0.118 e. The molecule has 5 rings (SSSR count). The van der Waals surface area contributed by atoms with Crippen LogP contribution < -0.4 is 23.8 Å². The van der Waals surface area contributed by atoms with Gasteiger partial charge < -0.3 is 23.8 Å². The lowest BCUT2D eigenvalue weighted by Gasteiger charge is -2.22. The number of rotatable bonds is 11. The van der Waals surface area contributed by atoms with Crippen molar-refractivity contribution >= 4 is 16.8 Å². The van der Waals surface area contributed by atoms with Crippen molar-refractivity contribution < 1.29 is 18.9 Å². The van der Waals surface area contributed by atoms with E-state index in [1.54, 1.807) is 28.4 Å². The van der Waals surface area contributed by atoms with Gasteiger partial charge in [-0.3, -0.25) is 0 Å². The van der Waals surface area contributed by atoms with Crippen molar-refractivity contribution in [3.63, 3.8) is 0 Å². The Balaban J connectivity index is 1.74. The molecule has 0 heterocycles. The van der Waals surface area contributed by atoms with E-state index in [-0.39, 0.29) is 0 Å². The second-order valence-corrected chi connectivity index (χ2v) is 10.2. The fourth-order valence-electron chi connectivity index (χ4n) is 4.90. The Morgan fingerprint density at radius 3 is 0.932 bits per heavy atom. The predicted molar refractivity (Wildman–Crippen MR) is 180 cm³/mol. The number of ether oxygens (including phenoxy) is 4. The minimum absolute atomic E-state index is 0.805. The molecule has 0 bridgehead atoms. The Bertz CT molecular complexity index is 1490. The molecule has 0 aliphatic heterocycles. The third-order valence-electron chi connectivity index (χ3n) is 7.47. The van der Waals surface area contributed by atoms with Gasteiger partial charge >= 0.3 is 0 Å². The lowest BCUT2D eigenvalue weighted by atomic mass is 9.97. The molecule has 5 heteroatoms. The molecule has 0 aliphatic rings. The Kier molecular flexibility index (Phi) is 9.68. The summed E-state index contributed by atoms with van der Waals surface area (Å²) in [6, 6.07) is 41.1. The Labute approximate surface area is 260 Å². The number of anilines is 1. The van der Waals surface area contributed by atoms with E-state index in [0.29, 0.717) is 0 Å². The normalized spacial score (nSPS) is 10.4. The molecule has 44 heavy (non-hydrogen) atoms. The number of nitrogens with zero attached hydrogens (tertiary/aromatic N) is 1. The van der Waals surface area contributed by atoms with Crippen LogP contribution in [0.25, 0.3) is 11.1 Å². The molecule has 0 saturated carbocycles. The van der Waals surface area contributed by atoms with Crippen LogP contribution in [-0.4, -0.2) is 28.4 Å². The summed E-state index contributed by atoms with van der Waals surface area (Å²) in [5.41, 5.74) is 8.50. The van der Waals surface area contributed by atoms with Crippen molar-refractivity contribution in [3.05, 3.63) is 162 Å². The van der Waals surface area contributed by atoms with Gasteiger partial charge in [0.1, 0.15) is 23.0 Å². The van der Waals surface area contributed by atoms with E-state index in [0.717, 1.165) is 62.1 Å². The van der Waals surface area contributed by atoms with Crippen molar-refractivity contribution in [1.82, 2.24) is 0 Å². The van der Waals surface area contributed by atoms with E-state index >= 15 is 0 Å². The molecule has 5 aromatic rings. The minimum atomic E-state index is 0.805. The van der Waals surface area contributed by atoms with Gasteiger partial charge in [-0.1, -0.05) is 66.2 Å². The van der Waals surface area contributed by atoms with Gasteiger partial charge in [0.15, 0.2) is 0 Å². The second-order valence-electron chi connectivity index (χ2n) is 10.2. The lowest BCUT2D eigenvalue weighted by Crippen LogP contribution is -2.11. The first-order valence-electron chi connectivity index (χ1n) is 14.4. The van der Waals surface area contributed by atoms with Crippen molar-refractivity contribution in [3.8, 4) is 23.0 Å². The van der Waals surface area contributed by atoms with Crippen molar-refractivity contribution in [1.29, 1.82) is 0 Å². The quantitative estimate of drug-likeness (QED) is 0.155. The molecule has 0 saturated heterocycles. The molecular weight excluding hydrogens is 546 g/mol. The third kappa shape index (κ3) is 7.13.